The molecule has 1 rings (SSSR count). The first-order chi connectivity index (χ1) is 40.5. The molecule has 0 aliphatic rings. The summed E-state index contributed by atoms with van der Waals surface area (Å²) in [5.41, 5.74) is 5.61. The standard InChI is InChI=1S/C54H90N12O19/c1-3-4-17-38(36(2)68)62-53(82)41(28-58-46(72)30-66(31-49(76)77)32-50(78)79)65-52(81)40(26-37-27-56-35-60-37)64-51(80)39(20-21-43(55)69)63-54(83)42(33-67)61-45(71)29-59-47(73)34-85-25-24-84-23-22-57-44(70)18-15-13-11-9-7-5-6-8-10-12-14-16-19-48(74)75/h27,35,38-42,67H,3-26,28-34H2,1-2H3,(H2,55,69)(H,56,60)(H,57,70)(H,58,72)(H,59,73)(H,61,71)(H,62,82)(H,63,83)(H,64,80)(H,65,81)(H,74,75)(H,76,77)(H,78,79)/t38-,39-,40-,41-,42-/m0/s1. The summed E-state index contributed by atoms with van der Waals surface area (Å²) in [6, 6.07) is -7.73. The van der Waals surface area contributed by atoms with Gasteiger partial charge in [-0.2, -0.15) is 0 Å². The summed E-state index contributed by atoms with van der Waals surface area (Å²) < 4.78 is 10.7. The minimum Gasteiger partial charge on any atom is -0.481 e. The predicted molar refractivity (Wildman–Crippen MR) is 302 cm³/mol. The fourth-order valence-corrected chi connectivity index (χ4v) is 8.22. The van der Waals surface area contributed by atoms with Crippen molar-refractivity contribution in [2.75, 3.05) is 72.3 Å². The van der Waals surface area contributed by atoms with Crippen LogP contribution in [0.1, 0.15) is 142 Å². The number of rotatable bonds is 52. The summed E-state index contributed by atoms with van der Waals surface area (Å²) in [5.74, 6) is -11.9. The number of H-pyrrole nitrogens is 1. The zero-order valence-corrected chi connectivity index (χ0v) is 48.8. The first kappa shape index (κ1) is 75.4. The van der Waals surface area contributed by atoms with Crippen LogP contribution in [0.15, 0.2) is 12.5 Å². The molecule has 31 nitrogen and oxygen atoms in total. The van der Waals surface area contributed by atoms with Crippen molar-refractivity contribution in [3.63, 3.8) is 0 Å². The summed E-state index contributed by atoms with van der Waals surface area (Å²) in [5, 5.41) is 56.5. The Balaban J connectivity index is 2.78. The van der Waals surface area contributed by atoms with Gasteiger partial charge in [-0.15, -0.1) is 0 Å². The lowest BCUT2D eigenvalue weighted by Gasteiger charge is -2.27. The van der Waals surface area contributed by atoms with E-state index in [0.29, 0.717) is 19.3 Å². The van der Waals surface area contributed by atoms with E-state index in [-0.39, 0.29) is 57.2 Å². The highest BCUT2D eigenvalue weighted by atomic mass is 16.5. The number of aliphatic hydroxyl groups is 1. The van der Waals surface area contributed by atoms with E-state index in [4.69, 9.17) is 20.3 Å². The number of aliphatic carboxylic acids is 3. The van der Waals surface area contributed by atoms with Crippen LogP contribution in [0.3, 0.4) is 0 Å². The third-order valence-electron chi connectivity index (χ3n) is 12.8. The number of ether oxygens (including phenoxy) is 2. The Hall–Kier alpha value is -7.64. The number of hydrogen-bond acceptors (Lipinski definition) is 18. The molecular formula is C54H90N12O19. The average molecular weight is 1210 g/mol. The fourth-order valence-electron chi connectivity index (χ4n) is 8.22. The molecule has 0 aromatic carbocycles. The van der Waals surface area contributed by atoms with E-state index in [1.807, 2.05) is 6.92 Å². The number of carboxylic acids is 3. The van der Waals surface area contributed by atoms with Crippen LogP contribution in [-0.4, -0.2) is 215 Å². The van der Waals surface area contributed by atoms with Gasteiger partial charge in [-0.1, -0.05) is 84.0 Å². The minimum atomic E-state index is -1.72. The van der Waals surface area contributed by atoms with E-state index in [2.05, 4.69) is 52.5 Å². The predicted octanol–water partition coefficient (Wildman–Crippen LogP) is -2.19. The van der Waals surface area contributed by atoms with Crippen molar-refractivity contribution < 1.29 is 92.2 Å². The molecule has 9 amide bonds. The Morgan fingerprint density at radius 2 is 1.09 bits per heavy atom. The van der Waals surface area contributed by atoms with Gasteiger partial charge in [0.05, 0.1) is 65.0 Å². The molecule has 85 heavy (non-hydrogen) atoms. The van der Waals surface area contributed by atoms with Crippen molar-refractivity contribution in [2.24, 2.45) is 5.73 Å². The van der Waals surface area contributed by atoms with Gasteiger partial charge < -0.3 is 83.2 Å². The highest BCUT2D eigenvalue weighted by molar-refractivity contribution is 5.97. The lowest BCUT2D eigenvalue weighted by atomic mass is 10.0. The van der Waals surface area contributed by atoms with Crippen LogP contribution in [-0.2, 0) is 78.2 Å². The molecule has 1 heterocycles. The molecule has 1 aromatic rings. The van der Waals surface area contributed by atoms with Crippen molar-refractivity contribution >= 4 is 76.9 Å². The maximum atomic E-state index is 14.1. The molecule has 480 valence electrons. The van der Waals surface area contributed by atoms with Crippen LogP contribution in [0.4, 0.5) is 0 Å². The smallest absolute Gasteiger partial charge is 0.317 e. The molecule has 0 radical (unpaired) electrons. The van der Waals surface area contributed by atoms with Crippen LogP contribution in [0.5, 0.6) is 0 Å². The summed E-state index contributed by atoms with van der Waals surface area (Å²) in [6.07, 6.45) is 15.8. The number of aliphatic hydroxyl groups excluding tert-OH is 1. The van der Waals surface area contributed by atoms with Crippen molar-refractivity contribution in [3.8, 4) is 0 Å². The van der Waals surface area contributed by atoms with Crippen LogP contribution in [0, 0.1) is 0 Å². The third kappa shape index (κ3) is 38.8. The van der Waals surface area contributed by atoms with E-state index >= 15 is 0 Å². The van der Waals surface area contributed by atoms with Crippen LogP contribution in [0.2, 0.25) is 0 Å². The Kier molecular flexibility index (Phi) is 40.6. The molecule has 5 atom stereocenters. The summed E-state index contributed by atoms with van der Waals surface area (Å²) in [7, 11) is 0. The van der Waals surface area contributed by atoms with Crippen molar-refractivity contribution in [3.05, 3.63) is 18.2 Å². The number of Topliss-reactive ketones (excluding diaryl/α,β-unsaturated/α-hetero) is 1. The number of hydrogen-bond donors (Lipinski definition) is 14. The molecule has 0 aliphatic carbocycles. The van der Waals surface area contributed by atoms with Gasteiger partial charge in [-0.3, -0.25) is 67.2 Å². The first-order valence-electron chi connectivity index (χ1n) is 28.8. The maximum Gasteiger partial charge on any atom is 0.317 e. The van der Waals surface area contributed by atoms with Gasteiger partial charge in [-0.05, 0) is 32.6 Å². The van der Waals surface area contributed by atoms with E-state index in [0.717, 1.165) is 62.7 Å². The minimum absolute atomic E-state index is 0.00377. The molecular weight excluding hydrogens is 1120 g/mol. The van der Waals surface area contributed by atoms with Crippen molar-refractivity contribution in [1.82, 2.24) is 57.4 Å². The molecule has 15 N–H and O–H groups in total. The molecule has 0 saturated heterocycles. The van der Waals surface area contributed by atoms with Gasteiger partial charge >= 0.3 is 17.9 Å². The monoisotopic (exact) mass is 1210 g/mol. The lowest BCUT2D eigenvalue weighted by Crippen LogP contribution is -2.61. The van der Waals surface area contributed by atoms with Crippen LogP contribution >= 0.6 is 0 Å². The second-order valence-corrected chi connectivity index (χ2v) is 20.3. The molecule has 0 saturated carbocycles. The van der Waals surface area contributed by atoms with Gasteiger partial charge in [0.1, 0.15) is 30.8 Å². The number of aromatic amines is 1. The number of ketones is 1. The van der Waals surface area contributed by atoms with E-state index in [1.165, 1.54) is 38.7 Å². The molecule has 0 unspecified atom stereocenters. The zero-order chi connectivity index (χ0) is 63.4. The number of nitrogens with one attached hydrogen (secondary N) is 9. The SMILES string of the molecule is CCCC[C@H](NC(=O)[C@H](CNC(=O)CN(CC(=O)O)CC(=O)O)NC(=O)[C@H](Cc1cnc[nH]1)NC(=O)[C@H](CCC(N)=O)NC(=O)[C@H](CO)NC(=O)CNC(=O)COCCOCCNC(=O)CCCCCCCCCCCCCCC(=O)O)C(C)=O. The molecule has 0 aliphatic heterocycles. The normalized spacial score (nSPS) is 12.8. The number of primary amides is 1. The summed E-state index contributed by atoms with van der Waals surface area (Å²) >= 11 is 0. The molecule has 31 heteroatoms. The highest BCUT2D eigenvalue weighted by Gasteiger charge is 2.33. The Morgan fingerprint density at radius 3 is 1.65 bits per heavy atom. The third-order valence-corrected chi connectivity index (χ3v) is 12.8. The number of amides is 9. The van der Waals surface area contributed by atoms with Crippen LogP contribution in [0.25, 0.3) is 0 Å². The quantitative estimate of drug-likeness (QED) is 0.0308. The summed E-state index contributed by atoms with van der Waals surface area (Å²) in [6.45, 7) is -1.60. The number of carboxylic acid groups (broad SMARTS) is 3. The van der Waals surface area contributed by atoms with Crippen molar-refractivity contribution in [1.29, 1.82) is 0 Å². The average Bonchev–Trinajstić information content (AvgIpc) is 4.20. The number of imidazole rings is 1. The number of unbranched alkanes of at least 4 members (excludes halogenated alkanes) is 12. The topological polar surface area (TPSA) is 475 Å². The molecule has 0 fully saturated rings. The molecule has 0 bridgehead atoms. The van der Waals surface area contributed by atoms with Crippen molar-refractivity contribution in [2.45, 2.75) is 172 Å². The second-order valence-electron chi connectivity index (χ2n) is 20.3. The molecule has 1 aromatic heterocycles. The number of carbonyl (C=O) groups excluding carboxylic acids is 10. The fraction of sp³-hybridized carbons (Fsp3) is 0.704. The number of aromatic nitrogens is 2. The van der Waals surface area contributed by atoms with Crippen LogP contribution < -0.4 is 48.3 Å². The van der Waals surface area contributed by atoms with Gasteiger partial charge in [0.15, 0.2) is 5.78 Å². The van der Waals surface area contributed by atoms with Gasteiger partial charge in [-0.25, -0.2) is 4.98 Å². The Labute approximate surface area is 493 Å². The zero-order valence-electron chi connectivity index (χ0n) is 48.8. The largest absolute Gasteiger partial charge is 0.481 e. The van der Waals surface area contributed by atoms with Gasteiger partial charge in [0, 0.05) is 50.7 Å². The number of carbonyl (C=O) groups is 13. The number of nitrogens with two attached hydrogens (primary N) is 1. The van der Waals surface area contributed by atoms with E-state index in [9.17, 15) is 77.6 Å². The Bertz CT molecular complexity index is 2240. The highest BCUT2D eigenvalue weighted by Crippen LogP contribution is 2.13. The lowest BCUT2D eigenvalue weighted by molar-refractivity contribution is -0.143. The van der Waals surface area contributed by atoms with Gasteiger partial charge in [0.2, 0.25) is 53.2 Å². The van der Waals surface area contributed by atoms with E-state index in [1.54, 1.807) is 0 Å². The maximum absolute atomic E-state index is 14.1. The van der Waals surface area contributed by atoms with E-state index < -0.39 is 160 Å². The second kappa shape index (κ2) is 45.7. The van der Waals surface area contributed by atoms with Gasteiger partial charge in [0.25, 0.3) is 0 Å². The first-order valence-corrected chi connectivity index (χ1v) is 28.8. The summed E-state index contributed by atoms with van der Waals surface area (Å²) in [4.78, 5) is 171. The number of nitrogens with zero attached hydrogens (tertiary/aromatic N) is 2. The molecule has 0 spiro atoms. The Morgan fingerprint density at radius 1 is 0.553 bits per heavy atom.